The van der Waals surface area contributed by atoms with E-state index in [1.807, 2.05) is 12.3 Å². The smallest absolute Gasteiger partial charge is 0.227 e. The van der Waals surface area contributed by atoms with E-state index in [1.165, 1.54) is 11.1 Å². The third-order valence-electron chi connectivity index (χ3n) is 4.86. The van der Waals surface area contributed by atoms with Crippen LogP contribution in [0.2, 0.25) is 0 Å². The highest BCUT2D eigenvalue weighted by Crippen LogP contribution is 2.32. The van der Waals surface area contributed by atoms with E-state index < -0.39 is 0 Å². The lowest BCUT2D eigenvalue weighted by molar-refractivity contribution is -0.169. The summed E-state index contributed by atoms with van der Waals surface area (Å²) in [6.45, 7) is 5.95. The van der Waals surface area contributed by atoms with Crippen molar-refractivity contribution in [2.24, 2.45) is 0 Å². The molecule has 0 amide bonds. The molecule has 25 heavy (non-hydrogen) atoms. The standard InChI is InChI=1S/C19H24N4O2/c1-15-2-4-16(5-3-15)14-21-17-6-9-20-18(22-17)23-10-7-19(8-11-23)24-12-13-25-19/h2-6,9H,7-8,10-14H2,1H3,(H,20,21,22). The van der Waals surface area contributed by atoms with Gasteiger partial charge in [0.25, 0.3) is 0 Å². The maximum absolute atomic E-state index is 5.78. The molecule has 0 radical (unpaired) electrons. The topological polar surface area (TPSA) is 59.5 Å². The van der Waals surface area contributed by atoms with Crippen molar-refractivity contribution in [3.63, 3.8) is 0 Å². The van der Waals surface area contributed by atoms with Crippen LogP contribution in [-0.4, -0.2) is 42.1 Å². The summed E-state index contributed by atoms with van der Waals surface area (Å²) in [7, 11) is 0. The van der Waals surface area contributed by atoms with Crippen molar-refractivity contribution in [1.29, 1.82) is 0 Å². The molecule has 1 aromatic carbocycles. The van der Waals surface area contributed by atoms with Gasteiger partial charge in [-0.1, -0.05) is 29.8 Å². The van der Waals surface area contributed by atoms with E-state index in [4.69, 9.17) is 9.47 Å². The normalized spacial score (nSPS) is 19.3. The number of piperidine rings is 1. The van der Waals surface area contributed by atoms with Crippen LogP contribution in [0.4, 0.5) is 11.8 Å². The monoisotopic (exact) mass is 340 g/mol. The summed E-state index contributed by atoms with van der Waals surface area (Å²) in [6.07, 6.45) is 3.53. The summed E-state index contributed by atoms with van der Waals surface area (Å²) in [6, 6.07) is 10.4. The summed E-state index contributed by atoms with van der Waals surface area (Å²) >= 11 is 0. The van der Waals surface area contributed by atoms with Gasteiger partial charge in [-0.05, 0) is 18.6 Å². The summed E-state index contributed by atoms with van der Waals surface area (Å²) in [5.74, 6) is 1.25. The predicted octanol–water partition coefficient (Wildman–Crippen LogP) is 2.74. The average molecular weight is 340 g/mol. The molecule has 0 bridgehead atoms. The lowest BCUT2D eigenvalue weighted by atomic mass is 10.0. The van der Waals surface area contributed by atoms with E-state index >= 15 is 0 Å². The first-order chi connectivity index (χ1) is 12.2. The Hall–Kier alpha value is -2.18. The minimum atomic E-state index is -0.363. The molecule has 1 spiro atoms. The van der Waals surface area contributed by atoms with Crippen molar-refractivity contribution < 1.29 is 9.47 Å². The van der Waals surface area contributed by atoms with Crippen molar-refractivity contribution in [2.75, 3.05) is 36.5 Å². The number of nitrogens with one attached hydrogen (secondary N) is 1. The van der Waals surface area contributed by atoms with Crippen LogP contribution in [-0.2, 0) is 16.0 Å². The molecule has 0 aliphatic carbocycles. The van der Waals surface area contributed by atoms with Gasteiger partial charge in [-0.15, -0.1) is 0 Å². The fourth-order valence-corrected chi connectivity index (χ4v) is 3.33. The first-order valence-electron chi connectivity index (χ1n) is 8.88. The van der Waals surface area contributed by atoms with Crippen molar-refractivity contribution in [2.45, 2.75) is 32.1 Å². The molecule has 2 aromatic rings. The number of nitrogens with zero attached hydrogens (tertiary/aromatic N) is 3. The number of hydrogen-bond donors (Lipinski definition) is 1. The van der Waals surface area contributed by atoms with Gasteiger partial charge in [-0.2, -0.15) is 4.98 Å². The minimum absolute atomic E-state index is 0.363. The molecule has 2 aliphatic rings. The lowest BCUT2D eigenvalue weighted by Gasteiger charge is -2.37. The highest BCUT2D eigenvalue weighted by Gasteiger charge is 2.40. The zero-order valence-corrected chi connectivity index (χ0v) is 14.6. The van der Waals surface area contributed by atoms with Gasteiger partial charge in [-0.3, -0.25) is 0 Å². The molecule has 0 unspecified atom stereocenters. The van der Waals surface area contributed by atoms with Crippen LogP contribution in [0.25, 0.3) is 0 Å². The molecular formula is C19H24N4O2. The molecule has 1 aromatic heterocycles. The number of benzene rings is 1. The molecular weight excluding hydrogens is 316 g/mol. The third-order valence-corrected chi connectivity index (χ3v) is 4.86. The Labute approximate surface area is 148 Å². The van der Waals surface area contributed by atoms with Gasteiger partial charge in [-0.25, -0.2) is 4.98 Å². The molecule has 3 heterocycles. The first-order valence-corrected chi connectivity index (χ1v) is 8.88. The quantitative estimate of drug-likeness (QED) is 0.923. The Morgan fingerprint density at radius 3 is 2.52 bits per heavy atom. The van der Waals surface area contributed by atoms with E-state index in [2.05, 4.69) is 51.4 Å². The molecule has 132 valence electrons. The maximum atomic E-state index is 5.78. The molecule has 2 fully saturated rings. The Morgan fingerprint density at radius 2 is 1.80 bits per heavy atom. The fourth-order valence-electron chi connectivity index (χ4n) is 3.33. The van der Waals surface area contributed by atoms with Crippen LogP contribution in [0, 0.1) is 6.92 Å². The molecule has 0 saturated carbocycles. The van der Waals surface area contributed by atoms with Crippen molar-refractivity contribution >= 4 is 11.8 Å². The number of hydrogen-bond acceptors (Lipinski definition) is 6. The minimum Gasteiger partial charge on any atom is -0.366 e. The van der Waals surface area contributed by atoms with Crippen LogP contribution in [0.1, 0.15) is 24.0 Å². The number of aromatic nitrogens is 2. The summed E-state index contributed by atoms with van der Waals surface area (Å²) in [5.41, 5.74) is 2.51. The molecule has 2 aliphatic heterocycles. The fraction of sp³-hybridized carbons (Fsp3) is 0.474. The van der Waals surface area contributed by atoms with Crippen LogP contribution in [0.5, 0.6) is 0 Å². The van der Waals surface area contributed by atoms with Crippen LogP contribution in [0.15, 0.2) is 36.5 Å². The number of ether oxygens (including phenoxy) is 2. The van der Waals surface area contributed by atoms with Crippen LogP contribution < -0.4 is 10.2 Å². The van der Waals surface area contributed by atoms with E-state index in [0.717, 1.165) is 44.2 Å². The highest BCUT2D eigenvalue weighted by atomic mass is 16.7. The first kappa shape index (κ1) is 16.3. The van der Waals surface area contributed by atoms with E-state index in [1.54, 1.807) is 0 Å². The van der Waals surface area contributed by atoms with Gasteiger partial charge in [0.15, 0.2) is 5.79 Å². The maximum Gasteiger partial charge on any atom is 0.227 e. The summed E-state index contributed by atoms with van der Waals surface area (Å²) in [5, 5.41) is 3.38. The van der Waals surface area contributed by atoms with Gasteiger partial charge in [0.05, 0.1) is 13.2 Å². The average Bonchev–Trinajstić information content (AvgIpc) is 3.10. The second-order valence-electron chi connectivity index (χ2n) is 6.68. The second-order valence-corrected chi connectivity index (χ2v) is 6.68. The van der Waals surface area contributed by atoms with E-state index in [9.17, 15) is 0 Å². The van der Waals surface area contributed by atoms with Gasteiger partial charge in [0.2, 0.25) is 5.95 Å². The van der Waals surface area contributed by atoms with Crippen LogP contribution in [0.3, 0.4) is 0 Å². The van der Waals surface area contributed by atoms with Crippen molar-refractivity contribution in [3.8, 4) is 0 Å². The number of aryl methyl sites for hydroxylation is 1. The zero-order valence-electron chi connectivity index (χ0n) is 14.6. The van der Waals surface area contributed by atoms with Gasteiger partial charge in [0, 0.05) is 38.7 Å². The number of anilines is 2. The Kier molecular flexibility index (Phi) is 4.55. The van der Waals surface area contributed by atoms with E-state index in [0.29, 0.717) is 13.2 Å². The second kappa shape index (κ2) is 6.98. The largest absolute Gasteiger partial charge is 0.366 e. The van der Waals surface area contributed by atoms with Gasteiger partial charge in [0.1, 0.15) is 5.82 Å². The highest BCUT2D eigenvalue weighted by molar-refractivity contribution is 5.42. The Balaban J connectivity index is 1.37. The number of rotatable bonds is 4. The van der Waals surface area contributed by atoms with E-state index in [-0.39, 0.29) is 5.79 Å². The SMILES string of the molecule is Cc1ccc(CNc2ccnc(N3CCC4(CC3)OCCO4)n2)cc1. The summed E-state index contributed by atoms with van der Waals surface area (Å²) < 4.78 is 11.6. The predicted molar refractivity (Wildman–Crippen MR) is 96.6 cm³/mol. The molecule has 6 heteroatoms. The van der Waals surface area contributed by atoms with Crippen molar-refractivity contribution in [1.82, 2.24) is 9.97 Å². The molecule has 0 atom stereocenters. The molecule has 1 N–H and O–H groups in total. The Bertz CT molecular complexity index is 704. The molecule has 4 rings (SSSR count). The Morgan fingerprint density at radius 1 is 1.08 bits per heavy atom. The van der Waals surface area contributed by atoms with Gasteiger partial charge < -0.3 is 19.7 Å². The summed E-state index contributed by atoms with van der Waals surface area (Å²) in [4.78, 5) is 11.3. The van der Waals surface area contributed by atoms with Crippen molar-refractivity contribution in [3.05, 3.63) is 47.7 Å². The lowest BCUT2D eigenvalue weighted by Crippen LogP contribution is -2.45. The molecule has 2 saturated heterocycles. The third kappa shape index (κ3) is 3.75. The van der Waals surface area contributed by atoms with Crippen LogP contribution >= 0.6 is 0 Å². The zero-order chi connectivity index (χ0) is 17.1. The molecule has 6 nitrogen and oxygen atoms in total. The van der Waals surface area contributed by atoms with Gasteiger partial charge >= 0.3 is 0 Å².